The van der Waals surface area contributed by atoms with Crippen LogP contribution in [0, 0.1) is 13.8 Å². The average Bonchev–Trinajstić information content (AvgIpc) is 2.77. The number of nitrogens with zero attached hydrogens (tertiary/aromatic N) is 2. The molecule has 31 heavy (non-hydrogen) atoms. The zero-order valence-corrected chi connectivity index (χ0v) is 17.5. The minimum Gasteiger partial charge on any atom is -0.355 e. The topological polar surface area (TPSA) is 84.0 Å². The van der Waals surface area contributed by atoms with Gasteiger partial charge in [-0.15, -0.1) is 0 Å². The number of aryl methyl sites for hydroxylation is 2. The van der Waals surface area contributed by atoms with E-state index in [0.717, 1.165) is 21.8 Å². The lowest BCUT2D eigenvalue weighted by molar-refractivity contribution is 0.0955. The molecule has 0 spiro atoms. The maximum Gasteiger partial charge on any atom is 0.252 e. The molecule has 0 unspecified atom stereocenters. The zero-order chi connectivity index (χ0) is 21.7. The number of pyridine rings is 2. The van der Waals surface area contributed by atoms with Crippen molar-refractivity contribution < 1.29 is 9.59 Å². The van der Waals surface area contributed by atoms with Crippen molar-refractivity contribution in [2.75, 3.05) is 14.1 Å². The minimum absolute atomic E-state index is 0. The fourth-order valence-electron chi connectivity index (χ4n) is 3.02. The second-order valence-corrected chi connectivity index (χ2v) is 7.00. The Morgan fingerprint density at radius 2 is 1.19 bits per heavy atom. The zero-order valence-electron chi connectivity index (χ0n) is 17.5. The van der Waals surface area contributed by atoms with Crippen molar-refractivity contribution in [1.82, 2.24) is 20.6 Å². The van der Waals surface area contributed by atoms with Crippen LogP contribution in [0.25, 0.3) is 21.8 Å². The summed E-state index contributed by atoms with van der Waals surface area (Å²) in [4.78, 5) is 31.2. The number of hydrogen-bond donors (Lipinski definition) is 2. The molecule has 0 atom stereocenters. The molecule has 0 radical (unpaired) electrons. The third-order valence-electron chi connectivity index (χ3n) is 4.65. The van der Waals surface area contributed by atoms with Gasteiger partial charge in [0, 0.05) is 37.3 Å². The largest absolute Gasteiger partial charge is 0.355 e. The first-order valence-corrected chi connectivity index (χ1v) is 9.58. The summed E-state index contributed by atoms with van der Waals surface area (Å²) < 4.78 is 0. The molecule has 0 bridgehead atoms. The van der Waals surface area contributed by atoms with E-state index >= 15 is 0 Å². The van der Waals surface area contributed by atoms with Crippen molar-refractivity contribution in [3.05, 3.63) is 83.2 Å². The van der Waals surface area contributed by atoms with Gasteiger partial charge in [0.15, 0.2) is 0 Å². The lowest BCUT2D eigenvalue weighted by Crippen LogP contribution is -2.17. The summed E-state index contributed by atoms with van der Waals surface area (Å²) in [5, 5.41) is 7.14. The van der Waals surface area contributed by atoms with E-state index in [-0.39, 0.29) is 19.2 Å². The molecule has 2 aromatic heterocycles. The summed E-state index contributed by atoms with van der Waals surface area (Å²) in [7, 11) is 3.23. The maximum absolute atomic E-state index is 11.4. The number of nitrogens with one attached hydrogen (secondary N) is 2. The van der Waals surface area contributed by atoms with E-state index in [9.17, 15) is 9.59 Å². The van der Waals surface area contributed by atoms with Gasteiger partial charge in [0.05, 0.1) is 22.2 Å². The average molecular weight is 417 g/mol. The number of hydrogen-bond acceptors (Lipinski definition) is 4. The minimum atomic E-state index is -0.107. The molecule has 0 saturated heterocycles. The van der Waals surface area contributed by atoms with Crippen LogP contribution < -0.4 is 10.6 Å². The first-order valence-electron chi connectivity index (χ1n) is 9.58. The third kappa shape index (κ3) is 5.63. The number of aromatic nitrogens is 2. The predicted molar refractivity (Wildman–Crippen MR) is 126 cm³/mol. The van der Waals surface area contributed by atoms with Crippen molar-refractivity contribution in [3.63, 3.8) is 0 Å². The molecule has 2 aromatic carbocycles. The van der Waals surface area contributed by atoms with E-state index in [1.165, 1.54) is 11.1 Å². The molecule has 6 heteroatoms. The first kappa shape index (κ1) is 23.5. The first-order chi connectivity index (χ1) is 14.4. The quantitative estimate of drug-likeness (QED) is 0.506. The number of benzene rings is 2. The van der Waals surface area contributed by atoms with Crippen LogP contribution in [0.15, 0.2) is 60.9 Å². The highest BCUT2D eigenvalue weighted by molar-refractivity contribution is 5.97. The van der Waals surface area contributed by atoms with E-state index in [1.807, 2.05) is 62.4 Å². The third-order valence-corrected chi connectivity index (χ3v) is 4.65. The van der Waals surface area contributed by atoms with Gasteiger partial charge in [-0.1, -0.05) is 31.2 Å². The normalized spacial score (nSPS) is 9.94. The Kier molecular flexibility index (Phi) is 7.80. The van der Waals surface area contributed by atoms with Gasteiger partial charge in [-0.05, 0) is 49.7 Å². The molecule has 160 valence electrons. The Labute approximate surface area is 182 Å². The van der Waals surface area contributed by atoms with Gasteiger partial charge in [-0.2, -0.15) is 0 Å². The lowest BCUT2D eigenvalue weighted by atomic mass is 10.1. The summed E-state index contributed by atoms with van der Waals surface area (Å²) in [6, 6.07) is 15.7. The van der Waals surface area contributed by atoms with Gasteiger partial charge in [-0.25, -0.2) is 0 Å². The van der Waals surface area contributed by atoms with Gasteiger partial charge in [-0.3, -0.25) is 19.6 Å². The number of carbonyl (C=O) groups is 2. The smallest absolute Gasteiger partial charge is 0.252 e. The Bertz CT molecular complexity index is 1230. The van der Waals surface area contributed by atoms with Gasteiger partial charge in [0.2, 0.25) is 0 Å². The molecular formula is C25H28N4O2. The SMILES string of the molecule is C.CNC(=O)c1cnc2cc(C)ccc2c1.CNC(=O)c1cnc2ccc(C)cc2c1. The van der Waals surface area contributed by atoms with Gasteiger partial charge in [0.25, 0.3) is 11.8 Å². The van der Waals surface area contributed by atoms with Crippen LogP contribution in [0.3, 0.4) is 0 Å². The standard InChI is InChI=1S/2C12H12N2O.CH4/c1-8-3-4-11-9(5-8)6-10(7-14-11)12(15)13-2;1-8-3-4-9-6-10(12(15)13-2)7-14-11(9)5-8;/h2*3-7H,1-2H3,(H,13,15);1H4. The fraction of sp³-hybridized carbons (Fsp3) is 0.200. The Morgan fingerprint density at radius 3 is 1.81 bits per heavy atom. The Hall–Kier alpha value is -3.80. The molecule has 2 N–H and O–H groups in total. The highest BCUT2D eigenvalue weighted by Gasteiger charge is 2.05. The monoisotopic (exact) mass is 416 g/mol. The van der Waals surface area contributed by atoms with E-state index < -0.39 is 0 Å². The summed E-state index contributed by atoms with van der Waals surface area (Å²) in [5.41, 5.74) is 5.35. The number of amides is 2. The molecule has 2 heterocycles. The summed E-state index contributed by atoms with van der Waals surface area (Å²) in [5.74, 6) is -0.212. The molecule has 6 nitrogen and oxygen atoms in total. The van der Waals surface area contributed by atoms with Gasteiger partial charge < -0.3 is 10.6 Å². The molecular weight excluding hydrogens is 388 g/mol. The van der Waals surface area contributed by atoms with Gasteiger partial charge in [0.1, 0.15) is 0 Å². The number of fused-ring (bicyclic) bond motifs is 2. The molecule has 0 aliphatic carbocycles. The second kappa shape index (κ2) is 10.3. The summed E-state index contributed by atoms with van der Waals surface area (Å²) >= 11 is 0. The van der Waals surface area contributed by atoms with Crippen LogP contribution in [0.1, 0.15) is 39.3 Å². The van der Waals surface area contributed by atoms with Crippen LogP contribution in [0.2, 0.25) is 0 Å². The van der Waals surface area contributed by atoms with E-state index in [1.54, 1.807) is 26.5 Å². The van der Waals surface area contributed by atoms with Crippen LogP contribution in [-0.4, -0.2) is 35.9 Å². The molecule has 2 amide bonds. The molecule has 0 aliphatic heterocycles. The maximum atomic E-state index is 11.4. The van der Waals surface area contributed by atoms with Crippen molar-refractivity contribution in [1.29, 1.82) is 0 Å². The van der Waals surface area contributed by atoms with Crippen molar-refractivity contribution in [2.45, 2.75) is 21.3 Å². The summed E-state index contributed by atoms with van der Waals surface area (Å²) in [6.45, 7) is 4.04. The number of carbonyl (C=O) groups excluding carboxylic acids is 2. The molecule has 4 rings (SSSR count). The Balaban J connectivity index is 0.000000213. The van der Waals surface area contributed by atoms with Crippen molar-refractivity contribution >= 4 is 33.6 Å². The predicted octanol–water partition coefficient (Wildman–Crippen LogP) is 4.44. The van der Waals surface area contributed by atoms with Gasteiger partial charge >= 0.3 is 0 Å². The van der Waals surface area contributed by atoms with E-state index in [4.69, 9.17) is 0 Å². The van der Waals surface area contributed by atoms with Crippen molar-refractivity contribution in [3.8, 4) is 0 Å². The van der Waals surface area contributed by atoms with Crippen LogP contribution in [-0.2, 0) is 0 Å². The molecule has 4 aromatic rings. The molecule has 0 fully saturated rings. The lowest BCUT2D eigenvalue weighted by Gasteiger charge is -2.02. The second-order valence-electron chi connectivity index (χ2n) is 7.00. The summed E-state index contributed by atoms with van der Waals surface area (Å²) in [6.07, 6.45) is 3.19. The highest BCUT2D eigenvalue weighted by Crippen LogP contribution is 2.16. The molecule has 0 saturated carbocycles. The van der Waals surface area contributed by atoms with E-state index in [0.29, 0.717) is 11.1 Å². The van der Waals surface area contributed by atoms with Crippen LogP contribution in [0.5, 0.6) is 0 Å². The Morgan fingerprint density at radius 1 is 0.677 bits per heavy atom. The van der Waals surface area contributed by atoms with E-state index in [2.05, 4.69) is 20.6 Å². The highest BCUT2D eigenvalue weighted by atomic mass is 16.2. The number of rotatable bonds is 2. The molecule has 0 aliphatic rings. The van der Waals surface area contributed by atoms with Crippen molar-refractivity contribution in [2.24, 2.45) is 0 Å². The van der Waals surface area contributed by atoms with Crippen LogP contribution >= 0.6 is 0 Å². The van der Waals surface area contributed by atoms with Crippen LogP contribution in [0.4, 0.5) is 0 Å². The fourth-order valence-corrected chi connectivity index (χ4v) is 3.02.